The molecule has 1 aromatic rings. The minimum atomic E-state index is -4.25. The van der Waals surface area contributed by atoms with Gasteiger partial charge in [0.1, 0.15) is 0 Å². The van der Waals surface area contributed by atoms with Gasteiger partial charge in [-0.2, -0.15) is 13.5 Å². The Morgan fingerprint density at radius 1 is 1.32 bits per heavy atom. The Kier molecular flexibility index (Phi) is 6.04. The van der Waals surface area contributed by atoms with Gasteiger partial charge in [-0.3, -0.25) is 24.1 Å². The summed E-state index contributed by atoms with van der Waals surface area (Å²) in [4.78, 5) is 22.6. The van der Waals surface area contributed by atoms with E-state index in [9.17, 15) is 23.3 Å². The lowest BCUT2D eigenvalue weighted by molar-refractivity contribution is -0.384. The highest BCUT2D eigenvalue weighted by Gasteiger charge is 2.23. The second-order valence-corrected chi connectivity index (χ2v) is 6.55. The standard InChI is InChI=1S/C14H18N4O6S/c1-2-24-25(22,23)16-14(19)13(15-17-9-3-4-10-17)11-5-7-12(8-6-11)18(20)21/h5-8H,2-4,9-10H2,1H3,(H,16,19). The molecule has 1 amide bonds. The van der Waals surface area contributed by atoms with E-state index in [0.29, 0.717) is 13.1 Å². The first-order chi connectivity index (χ1) is 11.8. The minimum Gasteiger partial charge on any atom is -0.296 e. The molecule has 0 atom stereocenters. The van der Waals surface area contributed by atoms with E-state index in [-0.39, 0.29) is 23.6 Å². The normalized spacial score (nSPS) is 15.2. The molecule has 0 saturated carbocycles. The lowest BCUT2D eigenvalue weighted by Gasteiger charge is -2.14. The molecule has 25 heavy (non-hydrogen) atoms. The van der Waals surface area contributed by atoms with Crippen LogP contribution in [0.15, 0.2) is 29.4 Å². The van der Waals surface area contributed by atoms with E-state index < -0.39 is 21.1 Å². The maximum Gasteiger partial charge on any atom is 0.362 e. The van der Waals surface area contributed by atoms with Crippen molar-refractivity contribution in [1.82, 2.24) is 9.73 Å². The van der Waals surface area contributed by atoms with E-state index in [0.717, 1.165) is 12.8 Å². The van der Waals surface area contributed by atoms with Gasteiger partial charge in [-0.25, -0.2) is 4.72 Å². The number of nitro groups is 1. The Morgan fingerprint density at radius 3 is 2.44 bits per heavy atom. The van der Waals surface area contributed by atoms with E-state index in [1.165, 1.54) is 31.2 Å². The number of amides is 1. The number of nitrogens with one attached hydrogen (secondary N) is 1. The fraction of sp³-hybridized carbons (Fsp3) is 0.429. The summed E-state index contributed by atoms with van der Waals surface area (Å²) in [6.45, 7) is 2.63. The first-order valence-corrected chi connectivity index (χ1v) is 9.03. The van der Waals surface area contributed by atoms with Crippen LogP contribution in [0.3, 0.4) is 0 Å². The van der Waals surface area contributed by atoms with Crippen LogP contribution in [0.2, 0.25) is 0 Å². The van der Waals surface area contributed by atoms with Crippen molar-refractivity contribution in [2.24, 2.45) is 5.10 Å². The molecule has 1 saturated heterocycles. The van der Waals surface area contributed by atoms with Crippen molar-refractivity contribution in [2.75, 3.05) is 19.7 Å². The summed E-state index contributed by atoms with van der Waals surface area (Å²) in [5, 5.41) is 16.6. The summed E-state index contributed by atoms with van der Waals surface area (Å²) >= 11 is 0. The highest BCUT2D eigenvalue weighted by Crippen LogP contribution is 2.15. The number of non-ortho nitro benzene ring substituents is 1. The molecular weight excluding hydrogens is 352 g/mol. The molecule has 0 spiro atoms. The van der Waals surface area contributed by atoms with Crippen molar-refractivity contribution >= 4 is 27.6 Å². The Labute approximate surface area is 144 Å². The minimum absolute atomic E-state index is 0.126. The fourth-order valence-electron chi connectivity index (χ4n) is 2.26. The topological polar surface area (TPSA) is 131 Å². The smallest absolute Gasteiger partial charge is 0.296 e. The molecule has 1 aliphatic rings. The highest BCUT2D eigenvalue weighted by atomic mass is 32.2. The number of nitro benzene ring substituents is 1. The predicted octanol–water partition coefficient (Wildman–Crippen LogP) is 0.792. The molecule has 11 heteroatoms. The van der Waals surface area contributed by atoms with Crippen LogP contribution in [0.5, 0.6) is 0 Å². The maximum atomic E-state index is 12.4. The Hall–Kier alpha value is -2.53. The zero-order chi connectivity index (χ0) is 18.4. The van der Waals surface area contributed by atoms with Gasteiger partial charge >= 0.3 is 10.3 Å². The fourth-order valence-corrected chi connectivity index (χ4v) is 2.96. The van der Waals surface area contributed by atoms with Crippen LogP contribution in [-0.4, -0.2) is 49.7 Å². The number of hydrogen-bond acceptors (Lipinski definition) is 8. The second-order valence-electron chi connectivity index (χ2n) is 5.21. The van der Waals surface area contributed by atoms with Crippen molar-refractivity contribution in [1.29, 1.82) is 0 Å². The molecule has 1 aromatic carbocycles. The van der Waals surface area contributed by atoms with Crippen LogP contribution in [0, 0.1) is 10.1 Å². The summed E-state index contributed by atoms with van der Waals surface area (Å²) in [6, 6.07) is 5.14. The lowest BCUT2D eigenvalue weighted by atomic mass is 10.1. The number of nitrogens with zero attached hydrogens (tertiary/aromatic N) is 3. The molecule has 136 valence electrons. The quantitative estimate of drug-likeness (QED) is 0.426. The lowest BCUT2D eigenvalue weighted by Crippen LogP contribution is -2.38. The van der Waals surface area contributed by atoms with Gasteiger partial charge in [0.15, 0.2) is 5.71 Å². The summed E-state index contributed by atoms with van der Waals surface area (Å²) in [5.41, 5.74) is -0.0339. The number of hydrogen-bond donors (Lipinski definition) is 1. The molecule has 0 radical (unpaired) electrons. The van der Waals surface area contributed by atoms with Crippen LogP contribution in [-0.2, 0) is 19.3 Å². The van der Waals surface area contributed by atoms with Gasteiger partial charge in [-0.1, -0.05) is 0 Å². The largest absolute Gasteiger partial charge is 0.362 e. The molecular formula is C14H18N4O6S. The summed E-state index contributed by atoms with van der Waals surface area (Å²) < 4.78 is 29.6. The first-order valence-electron chi connectivity index (χ1n) is 7.62. The van der Waals surface area contributed by atoms with Crippen molar-refractivity contribution in [3.05, 3.63) is 39.9 Å². The molecule has 0 aromatic heterocycles. The van der Waals surface area contributed by atoms with Crippen molar-refractivity contribution in [3.8, 4) is 0 Å². The third-order valence-corrected chi connectivity index (χ3v) is 4.36. The van der Waals surface area contributed by atoms with Gasteiger partial charge in [0.2, 0.25) is 0 Å². The molecule has 1 fully saturated rings. The van der Waals surface area contributed by atoms with E-state index in [4.69, 9.17) is 0 Å². The average Bonchev–Trinajstić information content (AvgIpc) is 3.05. The van der Waals surface area contributed by atoms with Crippen LogP contribution < -0.4 is 4.72 Å². The molecule has 0 aliphatic carbocycles. The molecule has 1 heterocycles. The van der Waals surface area contributed by atoms with Crippen LogP contribution >= 0.6 is 0 Å². The molecule has 0 bridgehead atoms. The SMILES string of the molecule is CCOS(=O)(=O)NC(=O)C(=NN1CCCC1)c1ccc([N+](=O)[O-])cc1. The van der Waals surface area contributed by atoms with Crippen molar-refractivity contribution < 1.29 is 22.3 Å². The average molecular weight is 370 g/mol. The Bertz CT molecular complexity index is 769. The van der Waals surface area contributed by atoms with Gasteiger partial charge < -0.3 is 0 Å². The van der Waals surface area contributed by atoms with Crippen LogP contribution in [0.1, 0.15) is 25.3 Å². The second kappa shape index (κ2) is 8.03. The zero-order valence-electron chi connectivity index (χ0n) is 13.5. The monoisotopic (exact) mass is 370 g/mol. The van der Waals surface area contributed by atoms with E-state index in [1.54, 1.807) is 9.73 Å². The van der Waals surface area contributed by atoms with E-state index >= 15 is 0 Å². The van der Waals surface area contributed by atoms with Crippen LogP contribution in [0.25, 0.3) is 0 Å². The van der Waals surface area contributed by atoms with E-state index in [2.05, 4.69) is 9.28 Å². The molecule has 0 unspecified atom stereocenters. The maximum absolute atomic E-state index is 12.4. The third kappa shape index (κ3) is 5.22. The van der Waals surface area contributed by atoms with Crippen molar-refractivity contribution in [2.45, 2.75) is 19.8 Å². The highest BCUT2D eigenvalue weighted by molar-refractivity contribution is 7.85. The van der Waals surface area contributed by atoms with E-state index in [1.807, 2.05) is 0 Å². The van der Waals surface area contributed by atoms with Gasteiger partial charge in [-0.05, 0) is 31.9 Å². The molecule has 2 rings (SSSR count). The molecule has 1 aliphatic heterocycles. The van der Waals surface area contributed by atoms with Gasteiger partial charge in [0, 0.05) is 30.8 Å². The van der Waals surface area contributed by atoms with Gasteiger partial charge in [0.05, 0.1) is 11.5 Å². The first kappa shape index (κ1) is 18.8. The van der Waals surface area contributed by atoms with Gasteiger partial charge in [-0.15, -0.1) is 0 Å². The van der Waals surface area contributed by atoms with Gasteiger partial charge in [0.25, 0.3) is 11.6 Å². The number of benzene rings is 1. The van der Waals surface area contributed by atoms with Crippen LogP contribution in [0.4, 0.5) is 5.69 Å². The number of carbonyl (C=O) groups excluding carboxylic acids is 1. The Balaban J connectivity index is 2.32. The number of rotatable bonds is 7. The number of carbonyl (C=O) groups is 1. The molecule has 1 N–H and O–H groups in total. The zero-order valence-corrected chi connectivity index (χ0v) is 14.4. The summed E-state index contributed by atoms with van der Waals surface area (Å²) in [6.07, 6.45) is 1.83. The summed E-state index contributed by atoms with van der Waals surface area (Å²) in [5.74, 6) is -0.964. The Morgan fingerprint density at radius 2 is 1.92 bits per heavy atom. The molecule has 10 nitrogen and oxygen atoms in total. The third-order valence-electron chi connectivity index (χ3n) is 3.38. The number of hydrazone groups is 1. The summed E-state index contributed by atoms with van der Waals surface area (Å²) in [7, 11) is -4.25. The predicted molar refractivity (Wildman–Crippen MR) is 89.1 cm³/mol. The van der Waals surface area contributed by atoms with Crippen molar-refractivity contribution in [3.63, 3.8) is 0 Å².